The molecule has 39 heavy (non-hydrogen) atoms. The van der Waals surface area contributed by atoms with Gasteiger partial charge in [-0.15, -0.1) is 0 Å². The molecule has 4 N–H and O–H groups in total. The third-order valence-corrected chi connectivity index (χ3v) is 7.20. The maximum absolute atomic E-state index is 13.6. The zero-order chi connectivity index (χ0) is 27.5. The third-order valence-electron chi connectivity index (χ3n) is 7.20. The van der Waals surface area contributed by atoms with E-state index in [0.717, 1.165) is 44.5 Å². The summed E-state index contributed by atoms with van der Waals surface area (Å²) in [6, 6.07) is 6.29. The first-order chi connectivity index (χ1) is 19.1. The van der Waals surface area contributed by atoms with Crippen molar-refractivity contribution in [1.82, 2.24) is 25.2 Å². The highest BCUT2D eigenvalue weighted by atomic mass is 19.1. The van der Waals surface area contributed by atoms with Gasteiger partial charge in [0.05, 0.1) is 19.1 Å². The fourth-order valence-electron chi connectivity index (χ4n) is 5.13. The number of nitrogens with zero attached hydrogens (tertiary/aromatic N) is 6. The highest BCUT2D eigenvalue weighted by Gasteiger charge is 2.28. The number of amides is 1. The third kappa shape index (κ3) is 8.70. The van der Waals surface area contributed by atoms with Crippen molar-refractivity contribution in [1.29, 1.82) is 0 Å². The van der Waals surface area contributed by atoms with Crippen molar-refractivity contribution < 1.29 is 19.4 Å². The summed E-state index contributed by atoms with van der Waals surface area (Å²) in [6.07, 6.45) is 5.12. The number of benzene rings is 1. The Hall–Kier alpha value is -3.09. The van der Waals surface area contributed by atoms with Crippen LogP contribution in [0.2, 0.25) is 0 Å². The lowest BCUT2D eigenvalue weighted by Gasteiger charge is -2.33. The zero-order valence-corrected chi connectivity index (χ0v) is 22.6. The number of carbonyl (C=O) groups is 1. The number of carbonyl (C=O) groups excluding carboxylic acids is 1. The monoisotopic (exact) mass is 544 g/mol. The lowest BCUT2D eigenvalue weighted by molar-refractivity contribution is -0.125. The van der Waals surface area contributed by atoms with Gasteiger partial charge < -0.3 is 35.5 Å². The normalized spacial score (nSPS) is 17.8. The van der Waals surface area contributed by atoms with Crippen LogP contribution in [-0.2, 0) is 11.3 Å². The predicted octanol–water partition coefficient (Wildman–Crippen LogP) is 1.23. The molecule has 2 fully saturated rings. The molecule has 2 aliphatic rings. The smallest absolute Gasteiger partial charge is 0.232 e. The molecule has 0 saturated carbocycles. The topological polar surface area (TPSA) is 130 Å². The minimum atomic E-state index is -0.322. The molecule has 1 aromatic heterocycles. The van der Waals surface area contributed by atoms with E-state index in [1.807, 2.05) is 11.0 Å². The SMILES string of the molecule is O=C(NCCCN1CCCC1)C1CCCN(c2nc(NCc3cccc(F)c3)nc(N(CCO)CCO)n2)C1. The molecule has 1 amide bonds. The number of aromatic nitrogens is 3. The molecule has 3 heterocycles. The van der Waals surface area contributed by atoms with Crippen LogP contribution >= 0.6 is 0 Å². The van der Waals surface area contributed by atoms with Crippen LogP contribution in [0.3, 0.4) is 0 Å². The van der Waals surface area contributed by atoms with Crippen LogP contribution in [0, 0.1) is 11.7 Å². The van der Waals surface area contributed by atoms with Gasteiger partial charge in [0.2, 0.25) is 23.8 Å². The average Bonchev–Trinajstić information content (AvgIpc) is 3.48. The number of hydrogen-bond acceptors (Lipinski definition) is 10. The summed E-state index contributed by atoms with van der Waals surface area (Å²) in [7, 11) is 0. The Balaban J connectivity index is 1.43. The molecule has 0 spiro atoms. The van der Waals surface area contributed by atoms with Crippen LogP contribution in [-0.4, -0.2) is 102 Å². The van der Waals surface area contributed by atoms with Crippen LogP contribution in [0.1, 0.15) is 37.7 Å². The molecule has 2 saturated heterocycles. The summed E-state index contributed by atoms with van der Waals surface area (Å²) in [4.78, 5) is 32.9. The summed E-state index contributed by atoms with van der Waals surface area (Å²) >= 11 is 0. The highest BCUT2D eigenvalue weighted by Crippen LogP contribution is 2.24. The second kappa shape index (κ2) is 14.9. The van der Waals surface area contributed by atoms with Crippen LogP contribution in [0.4, 0.5) is 22.2 Å². The molecular formula is C27H41FN8O3. The first kappa shape index (κ1) is 28.9. The van der Waals surface area contributed by atoms with Gasteiger partial charge in [0.15, 0.2) is 0 Å². The van der Waals surface area contributed by atoms with E-state index in [4.69, 9.17) is 0 Å². The van der Waals surface area contributed by atoms with E-state index >= 15 is 0 Å². The molecule has 4 rings (SSSR count). The Bertz CT molecular complexity index is 1050. The second-order valence-electron chi connectivity index (χ2n) is 10.2. The van der Waals surface area contributed by atoms with Gasteiger partial charge in [-0.3, -0.25) is 4.79 Å². The van der Waals surface area contributed by atoms with Gasteiger partial charge in [0.1, 0.15) is 5.82 Å². The van der Waals surface area contributed by atoms with E-state index in [9.17, 15) is 19.4 Å². The molecule has 1 atom stereocenters. The largest absolute Gasteiger partial charge is 0.395 e. The molecule has 1 aromatic carbocycles. The van der Waals surface area contributed by atoms with E-state index in [1.165, 1.54) is 25.0 Å². The Kier molecular flexibility index (Phi) is 11.0. The fourth-order valence-corrected chi connectivity index (χ4v) is 5.13. The van der Waals surface area contributed by atoms with Crippen molar-refractivity contribution in [3.05, 3.63) is 35.6 Å². The molecule has 12 heteroatoms. The maximum Gasteiger partial charge on any atom is 0.232 e. The van der Waals surface area contributed by atoms with E-state index in [1.54, 1.807) is 11.0 Å². The Morgan fingerprint density at radius 2 is 1.87 bits per heavy atom. The van der Waals surface area contributed by atoms with Crippen molar-refractivity contribution in [2.24, 2.45) is 5.92 Å². The second-order valence-corrected chi connectivity index (χ2v) is 10.2. The van der Waals surface area contributed by atoms with E-state index in [0.29, 0.717) is 44.0 Å². The number of nitrogens with one attached hydrogen (secondary N) is 2. The van der Waals surface area contributed by atoms with E-state index in [-0.39, 0.29) is 43.9 Å². The van der Waals surface area contributed by atoms with Gasteiger partial charge >= 0.3 is 0 Å². The number of halogens is 1. The van der Waals surface area contributed by atoms with Crippen molar-refractivity contribution in [2.75, 3.05) is 80.7 Å². The number of aliphatic hydroxyl groups excluding tert-OH is 2. The first-order valence-corrected chi connectivity index (χ1v) is 14.0. The molecule has 0 bridgehead atoms. The standard InChI is InChI=1S/C27H41FN8O3/c28-23-8-3-6-21(18-23)19-30-25-31-26(35(14-16-37)15-17-38)33-27(32-25)36-13-4-7-22(20-36)24(39)29-9-5-12-34-10-1-2-11-34/h3,6,8,18,22,37-38H,1-2,4-5,7,9-17,19-20H2,(H,29,39)(H,30,31,32,33). The number of anilines is 3. The van der Waals surface area contributed by atoms with Gasteiger partial charge in [-0.25, -0.2) is 4.39 Å². The minimum absolute atomic E-state index is 0.0574. The number of aliphatic hydroxyl groups is 2. The number of hydrogen-bond donors (Lipinski definition) is 4. The molecule has 214 valence electrons. The van der Waals surface area contributed by atoms with Crippen LogP contribution in [0.15, 0.2) is 24.3 Å². The van der Waals surface area contributed by atoms with Crippen LogP contribution in [0.25, 0.3) is 0 Å². The quantitative estimate of drug-likeness (QED) is 0.258. The molecule has 1 unspecified atom stereocenters. The van der Waals surface area contributed by atoms with Crippen LogP contribution < -0.4 is 20.4 Å². The lowest BCUT2D eigenvalue weighted by Crippen LogP contribution is -2.44. The molecule has 2 aliphatic heterocycles. The van der Waals surface area contributed by atoms with Gasteiger partial charge in [-0.05, 0) is 69.4 Å². The van der Waals surface area contributed by atoms with Gasteiger partial charge in [0, 0.05) is 39.3 Å². The number of rotatable bonds is 14. The Morgan fingerprint density at radius 3 is 2.62 bits per heavy atom. The van der Waals surface area contributed by atoms with Gasteiger partial charge in [-0.1, -0.05) is 12.1 Å². The van der Waals surface area contributed by atoms with Crippen molar-refractivity contribution in [2.45, 2.75) is 38.6 Å². The lowest BCUT2D eigenvalue weighted by atomic mass is 9.97. The van der Waals surface area contributed by atoms with Gasteiger partial charge in [-0.2, -0.15) is 15.0 Å². The van der Waals surface area contributed by atoms with Gasteiger partial charge in [0.25, 0.3) is 0 Å². The summed E-state index contributed by atoms with van der Waals surface area (Å²) in [5.74, 6) is 0.612. The highest BCUT2D eigenvalue weighted by molar-refractivity contribution is 5.79. The van der Waals surface area contributed by atoms with E-state index in [2.05, 4.69) is 30.5 Å². The summed E-state index contributed by atoms with van der Waals surface area (Å²) < 4.78 is 13.6. The molecule has 2 aromatic rings. The van der Waals surface area contributed by atoms with Crippen molar-refractivity contribution in [3.8, 4) is 0 Å². The molecule has 0 aliphatic carbocycles. The summed E-state index contributed by atoms with van der Waals surface area (Å²) in [6.45, 7) is 5.75. The first-order valence-electron chi connectivity index (χ1n) is 14.0. The molecule has 11 nitrogen and oxygen atoms in total. The van der Waals surface area contributed by atoms with E-state index < -0.39 is 0 Å². The molecule has 0 radical (unpaired) electrons. The fraction of sp³-hybridized carbons (Fsp3) is 0.630. The Labute approximate surface area is 229 Å². The minimum Gasteiger partial charge on any atom is -0.395 e. The number of likely N-dealkylation sites (tertiary alicyclic amines) is 1. The average molecular weight is 545 g/mol. The zero-order valence-electron chi connectivity index (χ0n) is 22.6. The van der Waals surface area contributed by atoms with Crippen molar-refractivity contribution in [3.63, 3.8) is 0 Å². The van der Waals surface area contributed by atoms with Crippen molar-refractivity contribution >= 4 is 23.8 Å². The summed E-state index contributed by atoms with van der Waals surface area (Å²) in [5.41, 5.74) is 0.737. The maximum atomic E-state index is 13.6. The molecular weight excluding hydrogens is 503 g/mol. The van der Waals surface area contributed by atoms with Crippen LogP contribution in [0.5, 0.6) is 0 Å². The Morgan fingerprint density at radius 1 is 1.08 bits per heavy atom. The number of piperidine rings is 1. The predicted molar refractivity (Wildman–Crippen MR) is 148 cm³/mol. The summed E-state index contributed by atoms with van der Waals surface area (Å²) in [5, 5.41) is 25.3.